The number of ether oxygens (including phenoxy) is 1. The summed E-state index contributed by atoms with van der Waals surface area (Å²) in [5.41, 5.74) is 0. The Balaban J connectivity index is 2.58. The summed E-state index contributed by atoms with van der Waals surface area (Å²) in [6.07, 6.45) is 1.09. The molecule has 0 saturated heterocycles. The van der Waals surface area contributed by atoms with Crippen molar-refractivity contribution < 1.29 is 18.4 Å². The normalized spacial score (nSPS) is 9.20. The van der Waals surface area contributed by atoms with Crippen molar-refractivity contribution in [2.45, 2.75) is 6.61 Å². The molecule has 0 fully saturated rings. The molecule has 54 valence electrons. The topological polar surface area (TPSA) is 69.7 Å². The highest BCUT2D eigenvalue weighted by Gasteiger charge is 1.99. The Kier molecular flexibility index (Phi) is 1.89. The third-order valence-electron chi connectivity index (χ3n) is 0.795. The molecule has 1 heterocycles. The molecule has 10 heavy (non-hydrogen) atoms. The number of carbonyl (C=O) groups excluding carboxylic acids is 1. The van der Waals surface area contributed by atoms with Crippen molar-refractivity contribution in [3.63, 3.8) is 0 Å². The van der Waals surface area contributed by atoms with Crippen molar-refractivity contribution in [3.8, 4) is 0 Å². The van der Waals surface area contributed by atoms with Crippen molar-refractivity contribution in [2.75, 3.05) is 0 Å². The van der Waals surface area contributed by atoms with E-state index in [1.165, 1.54) is 0 Å². The molecule has 0 unspecified atom stereocenters. The monoisotopic (exact) mass is 144 g/mol. The van der Waals surface area contributed by atoms with Gasteiger partial charge in [0.1, 0.15) is 6.26 Å². The van der Waals surface area contributed by atoms with E-state index in [2.05, 4.69) is 13.6 Å². The largest absolute Gasteiger partial charge is 0.518 e. The van der Waals surface area contributed by atoms with E-state index in [4.69, 9.17) is 0 Å². The molecule has 0 N–H and O–H groups in total. The van der Waals surface area contributed by atoms with E-state index in [1.54, 1.807) is 0 Å². The molecular formula is C5H4O5. The standard InChI is InChI=1S/C5H4O5/c6-3-8-1-4-2-9-5(7)10-4/h2-3H,1H2. The van der Waals surface area contributed by atoms with Crippen LogP contribution in [0.2, 0.25) is 0 Å². The molecule has 0 aliphatic rings. The fourth-order valence-corrected chi connectivity index (χ4v) is 0.449. The van der Waals surface area contributed by atoms with Gasteiger partial charge in [0.25, 0.3) is 6.47 Å². The van der Waals surface area contributed by atoms with Crippen molar-refractivity contribution in [1.82, 2.24) is 0 Å². The summed E-state index contributed by atoms with van der Waals surface area (Å²) in [5, 5.41) is 0. The molecular weight excluding hydrogens is 140 g/mol. The molecule has 1 aromatic heterocycles. The van der Waals surface area contributed by atoms with Crippen LogP contribution in [0.25, 0.3) is 0 Å². The predicted octanol–water partition coefficient (Wildman–Crippen LogP) is -0.0942. The van der Waals surface area contributed by atoms with Crippen molar-refractivity contribution in [1.29, 1.82) is 0 Å². The first-order valence-corrected chi connectivity index (χ1v) is 2.45. The van der Waals surface area contributed by atoms with Crippen molar-refractivity contribution in [3.05, 3.63) is 22.6 Å². The van der Waals surface area contributed by atoms with Crippen LogP contribution >= 0.6 is 0 Å². The minimum atomic E-state index is -0.801. The highest BCUT2D eigenvalue weighted by atomic mass is 16.6. The van der Waals surface area contributed by atoms with E-state index >= 15 is 0 Å². The van der Waals surface area contributed by atoms with E-state index in [0.717, 1.165) is 6.26 Å². The van der Waals surface area contributed by atoms with Crippen molar-refractivity contribution in [2.24, 2.45) is 0 Å². The summed E-state index contributed by atoms with van der Waals surface area (Å²) < 4.78 is 12.9. The van der Waals surface area contributed by atoms with Crippen LogP contribution in [0.15, 0.2) is 19.9 Å². The third kappa shape index (κ3) is 1.48. The molecule has 5 nitrogen and oxygen atoms in total. The second-order valence-corrected chi connectivity index (χ2v) is 1.46. The molecule has 0 aliphatic heterocycles. The molecule has 5 heteroatoms. The molecule has 0 atom stereocenters. The van der Waals surface area contributed by atoms with Gasteiger partial charge in [0.05, 0.1) is 0 Å². The molecule has 0 aliphatic carbocycles. The average Bonchev–Trinajstić information content (AvgIpc) is 2.31. The summed E-state index contributed by atoms with van der Waals surface area (Å²) in [5.74, 6) is -0.610. The van der Waals surface area contributed by atoms with E-state index in [1.807, 2.05) is 0 Å². The lowest BCUT2D eigenvalue weighted by atomic mass is 10.6. The first-order chi connectivity index (χ1) is 4.83. The zero-order valence-electron chi connectivity index (χ0n) is 4.90. The maximum absolute atomic E-state index is 10.2. The smallest absolute Gasteiger partial charge is 0.460 e. The van der Waals surface area contributed by atoms with Crippen LogP contribution in [0.1, 0.15) is 5.76 Å². The Morgan fingerprint density at radius 3 is 3.00 bits per heavy atom. The van der Waals surface area contributed by atoms with Crippen LogP contribution in [0.4, 0.5) is 0 Å². The maximum Gasteiger partial charge on any atom is 0.518 e. The molecule has 0 radical (unpaired) electrons. The predicted molar refractivity (Wildman–Crippen MR) is 28.1 cm³/mol. The summed E-state index contributed by atoms with van der Waals surface area (Å²) in [4.78, 5) is 19.8. The summed E-state index contributed by atoms with van der Waals surface area (Å²) in [6.45, 7) is 0.183. The van der Waals surface area contributed by atoms with Gasteiger partial charge in [-0.05, 0) is 0 Å². The Morgan fingerprint density at radius 2 is 2.50 bits per heavy atom. The Bertz CT molecular complexity index is 257. The summed E-state index contributed by atoms with van der Waals surface area (Å²) in [7, 11) is 0. The fraction of sp³-hybridized carbons (Fsp3) is 0.200. The van der Waals surface area contributed by atoms with Crippen molar-refractivity contribution >= 4 is 6.47 Å². The Morgan fingerprint density at radius 1 is 1.70 bits per heavy atom. The average molecular weight is 144 g/mol. The minimum absolute atomic E-state index is 0.0742. The zero-order valence-corrected chi connectivity index (χ0v) is 4.90. The SMILES string of the molecule is O=COCc1coc(=O)o1. The number of rotatable bonds is 3. The van der Waals surface area contributed by atoms with Crippen LogP contribution in [0.3, 0.4) is 0 Å². The van der Waals surface area contributed by atoms with Gasteiger partial charge in [-0.25, -0.2) is 4.79 Å². The second kappa shape index (κ2) is 2.86. The highest BCUT2D eigenvalue weighted by molar-refractivity contribution is 5.36. The minimum Gasteiger partial charge on any atom is -0.460 e. The Labute approximate surface area is 55.2 Å². The maximum atomic E-state index is 10.2. The molecule has 0 amide bonds. The van der Waals surface area contributed by atoms with E-state index in [0.29, 0.717) is 0 Å². The van der Waals surface area contributed by atoms with Gasteiger partial charge in [0, 0.05) is 0 Å². The lowest BCUT2D eigenvalue weighted by Crippen LogP contribution is -1.90. The molecule has 0 saturated carbocycles. The molecule has 1 rings (SSSR count). The van der Waals surface area contributed by atoms with E-state index in [9.17, 15) is 9.59 Å². The van der Waals surface area contributed by atoms with Gasteiger partial charge < -0.3 is 13.6 Å². The second-order valence-electron chi connectivity index (χ2n) is 1.46. The molecule has 0 spiro atoms. The summed E-state index contributed by atoms with van der Waals surface area (Å²) >= 11 is 0. The molecule has 1 aromatic rings. The van der Waals surface area contributed by atoms with Gasteiger partial charge >= 0.3 is 5.82 Å². The lowest BCUT2D eigenvalue weighted by Gasteiger charge is -1.87. The van der Waals surface area contributed by atoms with Gasteiger partial charge in [-0.3, -0.25) is 4.79 Å². The van der Waals surface area contributed by atoms with Gasteiger partial charge in [-0.1, -0.05) is 0 Å². The van der Waals surface area contributed by atoms with Crippen LogP contribution < -0.4 is 5.82 Å². The van der Waals surface area contributed by atoms with Gasteiger partial charge in [0.15, 0.2) is 12.4 Å². The van der Waals surface area contributed by atoms with Crippen LogP contribution in [-0.2, 0) is 16.1 Å². The van der Waals surface area contributed by atoms with Gasteiger partial charge in [0.2, 0.25) is 0 Å². The number of hydrogen-bond donors (Lipinski definition) is 0. The number of carbonyl (C=O) groups is 1. The molecule has 0 bridgehead atoms. The van der Waals surface area contributed by atoms with E-state index in [-0.39, 0.29) is 18.8 Å². The third-order valence-corrected chi connectivity index (χ3v) is 0.795. The van der Waals surface area contributed by atoms with Crippen LogP contribution in [-0.4, -0.2) is 6.47 Å². The zero-order chi connectivity index (χ0) is 7.40. The van der Waals surface area contributed by atoms with Gasteiger partial charge in [-0.2, -0.15) is 0 Å². The Hall–Kier alpha value is -1.52. The summed E-state index contributed by atoms with van der Waals surface area (Å²) in [6, 6.07) is 0. The highest BCUT2D eigenvalue weighted by Crippen LogP contribution is 1.95. The van der Waals surface area contributed by atoms with Crippen LogP contribution in [0, 0.1) is 0 Å². The van der Waals surface area contributed by atoms with E-state index < -0.39 is 5.82 Å². The van der Waals surface area contributed by atoms with Crippen LogP contribution in [0.5, 0.6) is 0 Å². The number of hydrogen-bond acceptors (Lipinski definition) is 5. The first kappa shape index (κ1) is 6.60. The lowest BCUT2D eigenvalue weighted by molar-refractivity contribution is -0.130. The van der Waals surface area contributed by atoms with Gasteiger partial charge in [-0.15, -0.1) is 0 Å². The molecule has 0 aromatic carbocycles. The fourth-order valence-electron chi connectivity index (χ4n) is 0.449. The first-order valence-electron chi connectivity index (χ1n) is 2.45. The quantitative estimate of drug-likeness (QED) is 0.554.